The van der Waals surface area contributed by atoms with Gasteiger partial charge in [0.1, 0.15) is 0 Å². The Hall–Kier alpha value is 0.400. The fourth-order valence-corrected chi connectivity index (χ4v) is 2.99. The van der Waals surface area contributed by atoms with Crippen molar-refractivity contribution in [1.29, 1.82) is 0 Å². The summed E-state index contributed by atoms with van der Waals surface area (Å²) in [6.07, 6.45) is 0. The number of hydrogen-bond donors (Lipinski definition) is 0. The lowest BCUT2D eigenvalue weighted by Gasteiger charge is -2.40. The van der Waals surface area contributed by atoms with E-state index in [-0.39, 0.29) is 5.60 Å². The van der Waals surface area contributed by atoms with Crippen LogP contribution in [0.5, 0.6) is 0 Å². The molecular formula is C12H24BrNO. The Kier molecular flexibility index (Phi) is 5.07. The number of halogens is 1. The van der Waals surface area contributed by atoms with E-state index in [1.54, 1.807) is 0 Å². The predicted octanol–water partition coefficient (Wildman–Crippen LogP) is 2.76. The highest BCUT2D eigenvalue weighted by molar-refractivity contribution is 9.09. The van der Waals surface area contributed by atoms with Crippen LogP contribution >= 0.6 is 15.9 Å². The van der Waals surface area contributed by atoms with E-state index in [4.69, 9.17) is 4.74 Å². The molecule has 0 aromatic rings. The summed E-state index contributed by atoms with van der Waals surface area (Å²) in [5, 5.41) is 1.10. The highest BCUT2D eigenvalue weighted by Gasteiger charge is 2.28. The molecule has 1 fully saturated rings. The molecule has 1 aliphatic rings. The molecule has 0 saturated carbocycles. The predicted molar refractivity (Wildman–Crippen MR) is 68.6 cm³/mol. The van der Waals surface area contributed by atoms with Gasteiger partial charge in [0, 0.05) is 25.0 Å². The smallest absolute Gasteiger partial charge is 0.0753 e. The van der Waals surface area contributed by atoms with Crippen molar-refractivity contribution in [3.63, 3.8) is 0 Å². The summed E-state index contributed by atoms with van der Waals surface area (Å²) < 4.78 is 5.72. The monoisotopic (exact) mass is 277 g/mol. The minimum absolute atomic E-state index is 0.0338. The summed E-state index contributed by atoms with van der Waals surface area (Å²) in [7, 11) is 0. The van der Waals surface area contributed by atoms with Gasteiger partial charge in [0.2, 0.25) is 0 Å². The molecule has 0 bridgehead atoms. The van der Waals surface area contributed by atoms with Crippen LogP contribution in [0.4, 0.5) is 0 Å². The Morgan fingerprint density at radius 3 is 2.53 bits per heavy atom. The molecule has 0 aromatic heterocycles. The van der Waals surface area contributed by atoms with Gasteiger partial charge in [-0.2, -0.15) is 0 Å². The van der Waals surface area contributed by atoms with Gasteiger partial charge in [-0.3, -0.25) is 4.90 Å². The van der Waals surface area contributed by atoms with Crippen LogP contribution in [0.1, 0.15) is 27.7 Å². The van der Waals surface area contributed by atoms with Crippen molar-refractivity contribution in [3.8, 4) is 0 Å². The number of morpholine rings is 1. The normalized spacial score (nSPS) is 24.4. The summed E-state index contributed by atoms with van der Waals surface area (Å²) in [4.78, 5) is 2.54. The van der Waals surface area contributed by atoms with E-state index in [1.165, 1.54) is 6.54 Å². The van der Waals surface area contributed by atoms with Crippen molar-refractivity contribution in [2.45, 2.75) is 33.3 Å². The lowest BCUT2D eigenvalue weighted by Crippen LogP contribution is -2.50. The maximum absolute atomic E-state index is 5.72. The fourth-order valence-electron chi connectivity index (χ4n) is 2.04. The standard InChI is InChI=1S/C12H24BrNO/c1-10(2)11(7-13)8-14-5-6-15-12(3,4)9-14/h10-11H,5-9H2,1-4H3. The quantitative estimate of drug-likeness (QED) is 0.733. The summed E-state index contributed by atoms with van der Waals surface area (Å²) >= 11 is 3.61. The molecule has 0 aromatic carbocycles. The van der Waals surface area contributed by atoms with Crippen LogP contribution in [0.15, 0.2) is 0 Å². The Balaban J connectivity index is 2.43. The first kappa shape index (κ1) is 13.5. The first-order valence-electron chi connectivity index (χ1n) is 5.87. The van der Waals surface area contributed by atoms with Gasteiger partial charge in [0.05, 0.1) is 12.2 Å². The second kappa shape index (κ2) is 5.65. The number of hydrogen-bond acceptors (Lipinski definition) is 2. The van der Waals surface area contributed by atoms with Crippen molar-refractivity contribution >= 4 is 15.9 Å². The van der Waals surface area contributed by atoms with Crippen LogP contribution in [-0.2, 0) is 4.74 Å². The third-order valence-electron chi connectivity index (χ3n) is 3.14. The van der Waals surface area contributed by atoms with Crippen LogP contribution in [0.3, 0.4) is 0 Å². The minimum atomic E-state index is 0.0338. The SMILES string of the molecule is CC(C)C(CBr)CN1CCOC(C)(C)C1. The van der Waals surface area contributed by atoms with E-state index < -0.39 is 0 Å². The van der Waals surface area contributed by atoms with Gasteiger partial charge in [0.25, 0.3) is 0 Å². The molecule has 1 rings (SSSR count). The molecule has 1 aliphatic heterocycles. The van der Waals surface area contributed by atoms with Gasteiger partial charge in [-0.1, -0.05) is 29.8 Å². The number of ether oxygens (including phenoxy) is 1. The van der Waals surface area contributed by atoms with E-state index in [2.05, 4.69) is 48.5 Å². The molecule has 1 atom stereocenters. The molecule has 2 nitrogen and oxygen atoms in total. The maximum Gasteiger partial charge on any atom is 0.0753 e. The number of rotatable bonds is 4. The lowest BCUT2D eigenvalue weighted by molar-refractivity contribution is -0.0894. The van der Waals surface area contributed by atoms with E-state index in [0.29, 0.717) is 0 Å². The van der Waals surface area contributed by atoms with Crippen molar-refractivity contribution in [3.05, 3.63) is 0 Å². The molecule has 0 radical (unpaired) electrons. The molecule has 15 heavy (non-hydrogen) atoms. The Labute approximate surface area is 102 Å². The van der Waals surface area contributed by atoms with Gasteiger partial charge in [-0.15, -0.1) is 0 Å². The summed E-state index contributed by atoms with van der Waals surface area (Å²) in [6, 6.07) is 0. The van der Waals surface area contributed by atoms with Gasteiger partial charge in [-0.05, 0) is 25.7 Å². The Morgan fingerprint density at radius 1 is 1.40 bits per heavy atom. The highest BCUT2D eigenvalue weighted by Crippen LogP contribution is 2.20. The minimum Gasteiger partial charge on any atom is -0.373 e. The van der Waals surface area contributed by atoms with Crippen LogP contribution in [0.25, 0.3) is 0 Å². The van der Waals surface area contributed by atoms with Crippen LogP contribution < -0.4 is 0 Å². The van der Waals surface area contributed by atoms with Gasteiger partial charge in [0.15, 0.2) is 0 Å². The summed E-state index contributed by atoms with van der Waals surface area (Å²) in [5.74, 6) is 1.49. The Morgan fingerprint density at radius 2 is 2.07 bits per heavy atom. The van der Waals surface area contributed by atoms with Crippen molar-refractivity contribution < 1.29 is 4.74 Å². The molecule has 0 amide bonds. The molecule has 0 N–H and O–H groups in total. The third-order valence-corrected chi connectivity index (χ3v) is 3.97. The third kappa shape index (κ3) is 4.41. The van der Waals surface area contributed by atoms with E-state index in [9.17, 15) is 0 Å². The van der Waals surface area contributed by atoms with E-state index in [0.717, 1.165) is 36.9 Å². The van der Waals surface area contributed by atoms with Crippen molar-refractivity contribution in [2.24, 2.45) is 11.8 Å². The van der Waals surface area contributed by atoms with Crippen LogP contribution in [0, 0.1) is 11.8 Å². The first-order valence-corrected chi connectivity index (χ1v) is 6.99. The molecule has 0 spiro atoms. The number of alkyl halides is 1. The van der Waals surface area contributed by atoms with Gasteiger partial charge in [-0.25, -0.2) is 0 Å². The van der Waals surface area contributed by atoms with Crippen LogP contribution in [-0.4, -0.2) is 42.1 Å². The first-order chi connectivity index (χ1) is 6.94. The second-order valence-corrected chi connectivity index (χ2v) is 6.15. The molecule has 3 heteroatoms. The fraction of sp³-hybridized carbons (Fsp3) is 1.00. The molecule has 1 heterocycles. The zero-order valence-corrected chi connectivity index (χ0v) is 12.0. The molecule has 1 saturated heterocycles. The topological polar surface area (TPSA) is 12.5 Å². The molecule has 0 aliphatic carbocycles. The van der Waals surface area contributed by atoms with Gasteiger partial charge < -0.3 is 4.74 Å². The van der Waals surface area contributed by atoms with Crippen molar-refractivity contribution in [1.82, 2.24) is 4.90 Å². The zero-order valence-electron chi connectivity index (χ0n) is 10.4. The summed E-state index contributed by atoms with van der Waals surface area (Å²) in [6.45, 7) is 13.2. The van der Waals surface area contributed by atoms with E-state index >= 15 is 0 Å². The number of nitrogens with zero attached hydrogens (tertiary/aromatic N) is 1. The Bertz CT molecular complexity index is 194. The maximum atomic E-state index is 5.72. The van der Waals surface area contributed by atoms with Crippen LogP contribution in [0.2, 0.25) is 0 Å². The summed E-state index contributed by atoms with van der Waals surface area (Å²) in [5.41, 5.74) is 0.0338. The zero-order chi connectivity index (χ0) is 11.5. The highest BCUT2D eigenvalue weighted by atomic mass is 79.9. The average molecular weight is 278 g/mol. The second-order valence-electron chi connectivity index (χ2n) is 5.50. The van der Waals surface area contributed by atoms with E-state index in [1.807, 2.05) is 0 Å². The molecule has 90 valence electrons. The lowest BCUT2D eigenvalue weighted by atomic mass is 9.96. The van der Waals surface area contributed by atoms with Crippen molar-refractivity contribution in [2.75, 3.05) is 31.6 Å². The molecular weight excluding hydrogens is 254 g/mol. The average Bonchev–Trinajstić information content (AvgIpc) is 2.12. The molecule has 1 unspecified atom stereocenters. The largest absolute Gasteiger partial charge is 0.373 e. The van der Waals surface area contributed by atoms with Gasteiger partial charge >= 0.3 is 0 Å².